The molecule has 0 unspecified atom stereocenters. The number of hydrogen-bond donors (Lipinski definition) is 0. The Balaban J connectivity index is 0.803. The van der Waals surface area contributed by atoms with E-state index in [1.165, 1.54) is 145 Å². The Kier molecular flexibility index (Phi) is 10.8. The molecule has 2 heteroatoms. The summed E-state index contributed by atoms with van der Waals surface area (Å²) in [5.41, 5.74) is 38.9. The molecule has 5 aliphatic rings. The fraction of sp³-hybridized carbons (Fsp3) is 0.153. The summed E-state index contributed by atoms with van der Waals surface area (Å²) >= 11 is 0. The van der Waals surface area contributed by atoms with E-state index in [4.69, 9.17) is 0 Å². The summed E-state index contributed by atoms with van der Waals surface area (Å²) in [5.74, 6) is 0. The first-order valence-electron chi connectivity index (χ1n) is 31.1. The zero-order chi connectivity index (χ0) is 59.0. The molecular formula is C85H68N2. The maximum Gasteiger partial charge on any atom is 0.0726 e. The number of aryl methyl sites for hydroxylation is 3. The van der Waals surface area contributed by atoms with E-state index >= 15 is 0 Å². The molecular weight excluding hydrogens is 1050 g/mol. The molecule has 17 rings (SSSR count). The first kappa shape index (κ1) is 51.6. The van der Waals surface area contributed by atoms with Crippen molar-refractivity contribution in [1.82, 2.24) is 0 Å². The molecule has 0 heterocycles. The van der Waals surface area contributed by atoms with Crippen molar-refractivity contribution in [1.29, 1.82) is 0 Å². The van der Waals surface area contributed by atoms with Gasteiger partial charge in [0.05, 0.1) is 11.1 Å². The van der Waals surface area contributed by atoms with Gasteiger partial charge in [0.1, 0.15) is 0 Å². The van der Waals surface area contributed by atoms with Gasteiger partial charge in [0.25, 0.3) is 0 Å². The van der Waals surface area contributed by atoms with Gasteiger partial charge in [-0.05, 0) is 215 Å². The van der Waals surface area contributed by atoms with Crippen LogP contribution >= 0.6 is 0 Å². The second-order valence-corrected chi connectivity index (χ2v) is 27.0. The van der Waals surface area contributed by atoms with Crippen LogP contribution in [0.3, 0.4) is 0 Å². The van der Waals surface area contributed by atoms with Crippen LogP contribution in [0.15, 0.2) is 249 Å². The third-order valence-electron chi connectivity index (χ3n) is 21.1. The maximum atomic E-state index is 2.56. The number of benzene rings is 12. The molecule has 1 spiro atoms. The molecule has 0 N–H and O–H groups in total. The highest BCUT2D eigenvalue weighted by Gasteiger charge is 2.52. The van der Waals surface area contributed by atoms with Crippen LogP contribution in [0.5, 0.6) is 0 Å². The molecule has 12 aromatic carbocycles. The van der Waals surface area contributed by atoms with Gasteiger partial charge in [-0.1, -0.05) is 235 Å². The van der Waals surface area contributed by atoms with Crippen LogP contribution in [0.4, 0.5) is 34.1 Å². The summed E-state index contributed by atoms with van der Waals surface area (Å²) in [4.78, 5) is 5.07. The van der Waals surface area contributed by atoms with E-state index in [0.717, 1.165) is 28.4 Å². The zero-order valence-corrected chi connectivity index (χ0v) is 51.1. The number of rotatable bonds is 7. The predicted molar refractivity (Wildman–Crippen MR) is 364 cm³/mol. The van der Waals surface area contributed by atoms with Crippen LogP contribution in [0, 0.1) is 20.8 Å². The summed E-state index contributed by atoms with van der Waals surface area (Å²) in [7, 11) is 0. The maximum absolute atomic E-state index is 2.56. The molecule has 0 fully saturated rings. The number of hydrogen-bond acceptors (Lipinski definition) is 2. The minimum Gasteiger partial charge on any atom is -0.310 e. The largest absolute Gasteiger partial charge is 0.310 e. The van der Waals surface area contributed by atoms with E-state index in [9.17, 15) is 0 Å². The molecule has 87 heavy (non-hydrogen) atoms. The molecule has 0 radical (unpaired) electrons. The van der Waals surface area contributed by atoms with Crippen LogP contribution in [-0.4, -0.2) is 0 Å². The molecule has 5 aliphatic carbocycles. The molecule has 2 nitrogen and oxygen atoms in total. The average Bonchev–Trinajstić information content (AvgIpc) is 1.56. The van der Waals surface area contributed by atoms with Gasteiger partial charge in [-0.15, -0.1) is 0 Å². The van der Waals surface area contributed by atoms with Gasteiger partial charge in [-0.2, -0.15) is 0 Å². The molecule has 12 aromatic rings. The van der Waals surface area contributed by atoms with Gasteiger partial charge in [0, 0.05) is 44.7 Å². The van der Waals surface area contributed by atoms with Crippen LogP contribution in [0.25, 0.3) is 66.8 Å². The molecule has 0 atom stereocenters. The Morgan fingerprint density at radius 1 is 0.241 bits per heavy atom. The van der Waals surface area contributed by atoms with Crippen molar-refractivity contribution in [2.75, 3.05) is 9.80 Å². The van der Waals surface area contributed by atoms with Crippen molar-refractivity contribution in [3.8, 4) is 66.8 Å². The van der Waals surface area contributed by atoms with Crippen LogP contribution in [0.1, 0.15) is 114 Å². The SMILES string of the molecule is Cc1ccc2c(c1)C(C)(C)c1cc(N(c3ccc(-c4ccc(N(c5ccc6c(c5)C5(c7ccccc7-c7ccccc75)c5ccccc5-6)c5cccc6c5C(C)(C)c5ccccc5-6)cc4)c(C)c3)c3ccc4c(c3)C(C)(C)c3cc(C)ccc3-4)ccc1-2. The van der Waals surface area contributed by atoms with E-state index < -0.39 is 5.41 Å². The standard InChI is InChI=1S/C85H68N2/c1-51-29-39-65-67-42-36-57(48-77(67)82(4,5)75(65)45-51)86(58-37-43-68-66-40-30-52(2)46-76(66)83(6,7)78(68)49-58)56-35-41-60(53(3)47-56)54-31-33-55(34-32-54)87(80-28-18-23-70-64-22-10-14-24-71(64)84(8,9)81(70)80)59-38-44-69-63-21-13-17-27-74(63)85(79(69)50-59)72-25-15-11-19-61(72)62-20-12-16-26-73(62)85/h10-50H,1-9H3. The van der Waals surface area contributed by atoms with Crippen molar-refractivity contribution in [3.05, 3.63) is 321 Å². The number of fused-ring (bicyclic) bond motifs is 19. The summed E-state index contributed by atoms with van der Waals surface area (Å²) in [6, 6.07) is 95.6. The molecule has 418 valence electrons. The van der Waals surface area contributed by atoms with Crippen LogP contribution in [-0.2, 0) is 21.7 Å². The molecule has 0 amide bonds. The second-order valence-electron chi connectivity index (χ2n) is 27.0. The zero-order valence-electron chi connectivity index (χ0n) is 51.1. The van der Waals surface area contributed by atoms with Gasteiger partial charge in [-0.3, -0.25) is 0 Å². The summed E-state index contributed by atoms with van der Waals surface area (Å²) in [6.45, 7) is 21.1. The van der Waals surface area contributed by atoms with Crippen molar-refractivity contribution in [2.24, 2.45) is 0 Å². The molecule has 0 bridgehead atoms. The molecule has 0 aliphatic heterocycles. The van der Waals surface area contributed by atoms with E-state index in [1.54, 1.807) is 0 Å². The summed E-state index contributed by atoms with van der Waals surface area (Å²) < 4.78 is 0. The molecule has 0 saturated heterocycles. The lowest BCUT2D eigenvalue weighted by molar-refractivity contribution is 0.659. The number of anilines is 6. The van der Waals surface area contributed by atoms with E-state index in [0.29, 0.717) is 0 Å². The van der Waals surface area contributed by atoms with Gasteiger partial charge in [0.15, 0.2) is 0 Å². The summed E-state index contributed by atoms with van der Waals surface area (Å²) in [5, 5.41) is 0. The van der Waals surface area contributed by atoms with Crippen molar-refractivity contribution in [2.45, 2.75) is 84.0 Å². The lowest BCUT2D eigenvalue weighted by Gasteiger charge is -2.34. The molecule has 0 saturated carbocycles. The van der Waals surface area contributed by atoms with Crippen LogP contribution < -0.4 is 9.80 Å². The minimum atomic E-state index is -0.470. The van der Waals surface area contributed by atoms with Crippen molar-refractivity contribution in [3.63, 3.8) is 0 Å². The Hall–Kier alpha value is -9.76. The fourth-order valence-electron chi connectivity index (χ4n) is 17.0. The van der Waals surface area contributed by atoms with Crippen LogP contribution in [0.2, 0.25) is 0 Å². The third kappa shape index (κ3) is 7.04. The second kappa shape index (κ2) is 18.1. The monoisotopic (exact) mass is 1120 g/mol. The van der Waals surface area contributed by atoms with Crippen molar-refractivity contribution >= 4 is 34.1 Å². The van der Waals surface area contributed by atoms with E-state index in [1.807, 2.05) is 0 Å². The topological polar surface area (TPSA) is 6.48 Å². The third-order valence-corrected chi connectivity index (χ3v) is 21.1. The van der Waals surface area contributed by atoms with Gasteiger partial charge in [-0.25, -0.2) is 0 Å². The van der Waals surface area contributed by atoms with Gasteiger partial charge < -0.3 is 9.80 Å². The first-order valence-corrected chi connectivity index (χ1v) is 31.1. The Bertz CT molecular complexity index is 4770. The lowest BCUT2D eigenvalue weighted by atomic mass is 9.70. The molecule has 0 aromatic heterocycles. The number of nitrogens with zero attached hydrogens (tertiary/aromatic N) is 2. The predicted octanol–water partition coefficient (Wildman–Crippen LogP) is 22.5. The smallest absolute Gasteiger partial charge is 0.0726 e. The quantitative estimate of drug-likeness (QED) is 0.157. The van der Waals surface area contributed by atoms with Gasteiger partial charge in [0.2, 0.25) is 0 Å². The van der Waals surface area contributed by atoms with Crippen molar-refractivity contribution < 1.29 is 0 Å². The van der Waals surface area contributed by atoms with Gasteiger partial charge >= 0.3 is 0 Å². The highest BCUT2D eigenvalue weighted by atomic mass is 15.2. The minimum absolute atomic E-state index is 0.149. The highest BCUT2D eigenvalue weighted by molar-refractivity contribution is 5.98. The highest BCUT2D eigenvalue weighted by Crippen LogP contribution is 2.64. The Morgan fingerprint density at radius 2 is 0.598 bits per heavy atom. The Morgan fingerprint density at radius 3 is 1.09 bits per heavy atom. The summed E-state index contributed by atoms with van der Waals surface area (Å²) in [6.07, 6.45) is 0. The fourth-order valence-corrected chi connectivity index (χ4v) is 17.0. The lowest BCUT2D eigenvalue weighted by Crippen LogP contribution is -2.26. The normalized spacial score (nSPS) is 15.3. The Labute approximate surface area is 512 Å². The van der Waals surface area contributed by atoms with E-state index in [-0.39, 0.29) is 16.2 Å². The average molecular weight is 1120 g/mol. The van der Waals surface area contributed by atoms with E-state index in [2.05, 4.69) is 321 Å². The first-order chi connectivity index (χ1) is 42.1.